The fourth-order valence-electron chi connectivity index (χ4n) is 3.88. The van der Waals surface area contributed by atoms with Crippen molar-refractivity contribution < 1.29 is 14.3 Å². The van der Waals surface area contributed by atoms with E-state index in [-0.39, 0.29) is 35.6 Å². The van der Waals surface area contributed by atoms with Crippen LogP contribution in [0.2, 0.25) is 5.15 Å². The second-order valence-electron chi connectivity index (χ2n) is 7.86. The molecule has 0 bridgehead atoms. The molecule has 2 atom stereocenters. The monoisotopic (exact) mass is 429 g/mol. The molecular weight excluding hydrogens is 406 g/mol. The Morgan fingerprint density at radius 3 is 2.83 bits per heavy atom. The fourth-order valence-corrected chi connectivity index (χ4v) is 4.15. The first kappa shape index (κ1) is 20.4. The Morgan fingerprint density at radius 2 is 2.13 bits per heavy atom. The van der Waals surface area contributed by atoms with Gasteiger partial charge in [-0.05, 0) is 43.4 Å². The van der Waals surface area contributed by atoms with Gasteiger partial charge in [0, 0.05) is 37.7 Å². The van der Waals surface area contributed by atoms with Crippen molar-refractivity contribution in [2.45, 2.75) is 25.3 Å². The summed E-state index contributed by atoms with van der Waals surface area (Å²) in [5.41, 5.74) is 7.46. The highest BCUT2D eigenvalue weighted by molar-refractivity contribution is 6.32. The highest BCUT2D eigenvalue weighted by Gasteiger charge is 2.27. The number of halogens is 1. The topological polar surface area (TPSA) is 118 Å². The molecule has 4 rings (SSSR count). The second kappa shape index (κ2) is 8.12. The molecule has 0 saturated heterocycles. The first-order valence-electron chi connectivity index (χ1n) is 9.81. The lowest BCUT2D eigenvalue weighted by Crippen LogP contribution is -2.21. The molecule has 1 fully saturated rings. The van der Waals surface area contributed by atoms with Crippen LogP contribution < -0.4 is 11.1 Å². The third-order valence-corrected chi connectivity index (χ3v) is 5.72. The van der Waals surface area contributed by atoms with Crippen molar-refractivity contribution in [2.24, 2.45) is 5.92 Å². The van der Waals surface area contributed by atoms with E-state index in [1.165, 1.54) is 4.90 Å². The SMILES string of the molecule is CN(C)C(=O)c1ccc2cc(-c3c(Cl)nc(N)nc3N[C@H]3CC[C@@H](CO)C3)oc2c1. The molecule has 2 heterocycles. The van der Waals surface area contributed by atoms with Gasteiger partial charge in [-0.25, -0.2) is 4.98 Å². The zero-order valence-electron chi connectivity index (χ0n) is 16.9. The van der Waals surface area contributed by atoms with Gasteiger partial charge < -0.3 is 25.5 Å². The lowest BCUT2D eigenvalue weighted by molar-refractivity contribution is 0.0827. The largest absolute Gasteiger partial charge is 0.456 e. The van der Waals surface area contributed by atoms with E-state index in [1.807, 2.05) is 12.1 Å². The van der Waals surface area contributed by atoms with Crippen LogP contribution in [0.4, 0.5) is 11.8 Å². The van der Waals surface area contributed by atoms with Crippen molar-refractivity contribution in [1.82, 2.24) is 14.9 Å². The molecule has 8 nitrogen and oxygen atoms in total. The molecule has 0 unspecified atom stereocenters. The molecule has 1 aliphatic carbocycles. The van der Waals surface area contributed by atoms with Crippen molar-refractivity contribution in [3.8, 4) is 11.3 Å². The maximum absolute atomic E-state index is 12.3. The summed E-state index contributed by atoms with van der Waals surface area (Å²) in [6.07, 6.45) is 2.71. The van der Waals surface area contributed by atoms with Crippen LogP contribution >= 0.6 is 11.6 Å². The maximum atomic E-state index is 12.3. The van der Waals surface area contributed by atoms with Gasteiger partial charge in [-0.1, -0.05) is 17.7 Å². The standard InChI is InChI=1S/C21H24ClN5O3/c1-27(2)20(29)13-5-4-12-8-16(30-15(12)9-13)17-18(22)25-21(23)26-19(17)24-14-6-3-11(7-14)10-28/h4-5,8-9,11,14,28H,3,6-7,10H2,1-2H3,(H3,23,24,25,26)/t11-,14+/m1/s1. The summed E-state index contributed by atoms with van der Waals surface area (Å²) in [6, 6.07) is 7.30. The van der Waals surface area contributed by atoms with E-state index >= 15 is 0 Å². The average Bonchev–Trinajstić information content (AvgIpc) is 3.32. The van der Waals surface area contributed by atoms with Gasteiger partial charge in [0.1, 0.15) is 22.3 Å². The number of rotatable bonds is 5. The molecule has 3 aromatic rings. The zero-order valence-corrected chi connectivity index (χ0v) is 17.6. The summed E-state index contributed by atoms with van der Waals surface area (Å²) in [5.74, 6) is 1.23. The van der Waals surface area contributed by atoms with Gasteiger partial charge in [0.25, 0.3) is 5.91 Å². The van der Waals surface area contributed by atoms with Crippen molar-refractivity contribution in [2.75, 3.05) is 31.8 Å². The first-order chi connectivity index (χ1) is 14.4. The predicted octanol–water partition coefficient (Wildman–Crippen LogP) is 3.40. The van der Waals surface area contributed by atoms with Gasteiger partial charge in [-0.3, -0.25) is 4.79 Å². The van der Waals surface area contributed by atoms with Crippen molar-refractivity contribution in [1.29, 1.82) is 0 Å². The number of anilines is 2. The Bertz CT molecular complexity index is 1100. The first-order valence-corrected chi connectivity index (χ1v) is 10.2. The van der Waals surface area contributed by atoms with E-state index in [9.17, 15) is 9.90 Å². The molecule has 1 saturated carbocycles. The van der Waals surface area contributed by atoms with E-state index in [0.29, 0.717) is 28.3 Å². The average molecular weight is 430 g/mol. The fraction of sp³-hybridized carbons (Fsp3) is 0.381. The van der Waals surface area contributed by atoms with Gasteiger partial charge in [-0.15, -0.1) is 0 Å². The number of carbonyl (C=O) groups is 1. The molecule has 1 aliphatic rings. The van der Waals surface area contributed by atoms with Crippen molar-refractivity contribution in [3.63, 3.8) is 0 Å². The maximum Gasteiger partial charge on any atom is 0.253 e. The molecule has 2 aromatic heterocycles. The number of aromatic nitrogens is 2. The predicted molar refractivity (Wildman–Crippen MR) is 117 cm³/mol. The molecule has 30 heavy (non-hydrogen) atoms. The molecule has 4 N–H and O–H groups in total. The lowest BCUT2D eigenvalue weighted by Gasteiger charge is -2.16. The summed E-state index contributed by atoms with van der Waals surface area (Å²) in [7, 11) is 3.40. The third kappa shape index (κ3) is 3.93. The molecule has 1 aromatic carbocycles. The van der Waals surface area contributed by atoms with Crippen molar-refractivity contribution >= 4 is 40.2 Å². The number of fused-ring (bicyclic) bond motifs is 1. The van der Waals surface area contributed by atoms with E-state index < -0.39 is 0 Å². The molecule has 158 valence electrons. The van der Waals surface area contributed by atoms with E-state index in [2.05, 4.69) is 15.3 Å². The molecule has 0 radical (unpaired) electrons. The summed E-state index contributed by atoms with van der Waals surface area (Å²) in [6.45, 7) is 0.176. The Morgan fingerprint density at radius 1 is 1.33 bits per heavy atom. The number of aliphatic hydroxyl groups is 1. The number of carbonyl (C=O) groups excluding carboxylic acids is 1. The highest BCUT2D eigenvalue weighted by Crippen LogP contribution is 2.38. The molecule has 0 spiro atoms. The molecular formula is C21H24ClN5O3. The number of nitrogens with one attached hydrogen (secondary N) is 1. The summed E-state index contributed by atoms with van der Waals surface area (Å²) < 4.78 is 6.04. The lowest BCUT2D eigenvalue weighted by atomic mass is 10.1. The number of nitrogens with zero attached hydrogens (tertiary/aromatic N) is 3. The third-order valence-electron chi connectivity index (χ3n) is 5.44. The van der Waals surface area contributed by atoms with Crippen LogP contribution in [-0.2, 0) is 0 Å². The van der Waals surface area contributed by atoms with E-state index in [4.69, 9.17) is 21.8 Å². The minimum absolute atomic E-state index is 0.0675. The number of nitrogens with two attached hydrogens (primary N) is 1. The van der Waals surface area contributed by atoms with Crippen LogP contribution in [-0.4, -0.2) is 52.6 Å². The smallest absolute Gasteiger partial charge is 0.253 e. The number of hydrogen-bond donors (Lipinski definition) is 3. The van der Waals surface area contributed by atoms with Crippen LogP contribution in [0.1, 0.15) is 29.6 Å². The van der Waals surface area contributed by atoms with Crippen molar-refractivity contribution in [3.05, 3.63) is 35.0 Å². The summed E-state index contributed by atoms with van der Waals surface area (Å²) >= 11 is 6.43. The van der Waals surface area contributed by atoms with Crippen LogP contribution in [0, 0.1) is 5.92 Å². The van der Waals surface area contributed by atoms with Crippen LogP contribution in [0.3, 0.4) is 0 Å². The van der Waals surface area contributed by atoms with Crippen LogP contribution in [0.5, 0.6) is 0 Å². The minimum atomic E-state index is -0.106. The number of hydrogen-bond acceptors (Lipinski definition) is 7. The number of amides is 1. The second-order valence-corrected chi connectivity index (χ2v) is 8.22. The van der Waals surface area contributed by atoms with Crippen LogP contribution in [0.15, 0.2) is 28.7 Å². The molecule has 9 heteroatoms. The number of benzene rings is 1. The van der Waals surface area contributed by atoms with Crippen LogP contribution in [0.25, 0.3) is 22.3 Å². The van der Waals surface area contributed by atoms with Gasteiger partial charge in [-0.2, -0.15) is 4.98 Å². The Balaban J connectivity index is 1.72. The zero-order chi connectivity index (χ0) is 21.4. The van der Waals surface area contributed by atoms with E-state index in [0.717, 1.165) is 24.6 Å². The normalized spacial score (nSPS) is 18.7. The highest BCUT2D eigenvalue weighted by atomic mass is 35.5. The Labute approximate surface area is 179 Å². The summed E-state index contributed by atoms with van der Waals surface area (Å²) in [4.78, 5) is 22.2. The Hall–Kier alpha value is -2.84. The van der Waals surface area contributed by atoms with E-state index in [1.54, 1.807) is 26.2 Å². The Kier molecular flexibility index (Phi) is 5.53. The van der Waals surface area contributed by atoms with Gasteiger partial charge in [0.15, 0.2) is 0 Å². The molecule has 0 aliphatic heterocycles. The summed E-state index contributed by atoms with van der Waals surface area (Å²) in [5, 5.41) is 13.8. The quantitative estimate of drug-likeness (QED) is 0.532. The van der Waals surface area contributed by atoms with Gasteiger partial charge in [0.2, 0.25) is 5.95 Å². The van der Waals surface area contributed by atoms with Gasteiger partial charge in [0.05, 0.1) is 5.56 Å². The van der Waals surface area contributed by atoms with Gasteiger partial charge >= 0.3 is 0 Å². The molecule has 1 amide bonds. The number of furan rings is 1. The minimum Gasteiger partial charge on any atom is -0.456 e. The number of nitrogen functional groups attached to an aromatic ring is 1. The number of aliphatic hydroxyl groups excluding tert-OH is 1.